The van der Waals surface area contributed by atoms with Gasteiger partial charge < -0.3 is 0 Å². The summed E-state index contributed by atoms with van der Waals surface area (Å²) in [5.41, 5.74) is 4.94. The second-order valence-corrected chi connectivity index (χ2v) is 5.45. The van der Waals surface area contributed by atoms with Crippen molar-refractivity contribution in [3.8, 4) is 17.2 Å². The van der Waals surface area contributed by atoms with Crippen LogP contribution in [0.15, 0.2) is 60.8 Å². The summed E-state index contributed by atoms with van der Waals surface area (Å²) in [7, 11) is 0. The summed E-state index contributed by atoms with van der Waals surface area (Å²) in [6.45, 7) is 0. The molecule has 2 heterocycles. The van der Waals surface area contributed by atoms with Gasteiger partial charge in [0.15, 0.2) is 5.65 Å². The van der Waals surface area contributed by atoms with Crippen LogP contribution in [0.5, 0.6) is 0 Å². The predicted molar refractivity (Wildman–Crippen MR) is 87.9 cm³/mol. The largest absolute Gasteiger partial charge is 0.299 e. The van der Waals surface area contributed by atoms with E-state index in [2.05, 4.69) is 11.1 Å². The van der Waals surface area contributed by atoms with Crippen LogP contribution in [0.3, 0.4) is 0 Å². The Morgan fingerprint density at radius 2 is 1.77 bits per heavy atom. The van der Waals surface area contributed by atoms with Crippen LogP contribution >= 0.6 is 11.6 Å². The lowest BCUT2D eigenvalue weighted by Gasteiger charge is -2.06. The zero-order valence-electron chi connectivity index (χ0n) is 11.5. The van der Waals surface area contributed by atoms with Crippen molar-refractivity contribution in [3.63, 3.8) is 0 Å². The van der Waals surface area contributed by atoms with Crippen molar-refractivity contribution in [2.24, 2.45) is 0 Å². The van der Waals surface area contributed by atoms with Gasteiger partial charge in [0, 0.05) is 16.8 Å². The molecule has 0 amide bonds. The van der Waals surface area contributed by atoms with Crippen molar-refractivity contribution < 1.29 is 0 Å². The first-order valence-corrected chi connectivity index (χ1v) is 7.21. The van der Waals surface area contributed by atoms with Gasteiger partial charge in [-0.05, 0) is 35.9 Å². The molecule has 4 heteroatoms. The number of hydrogen-bond donors (Lipinski definition) is 0. The van der Waals surface area contributed by atoms with Crippen LogP contribution in [-0.2, 0) is 0 Å². The molecule has 2 aromatic carbocycles. The molecule has 0 saturated carbocycles. The highest BCUT2D eigenvalue weighted by Crippen LogP contribution is 2.29. The van der Waals surface area contributed by atoms with E-state index in [9.17, 15) is 5.26 Å². The third-order valence-electron chi connectivity index (χ3n) is 3.75. The van der Waals surface area contributed by atoms with E-state index in [0.29, 0.717) is 16.2 Å². The van der Waals surface area contributed by atoms with Gasteiger partial charge in [0.1, 0.15) is 11.6 Å². The Hall–Kier alpha value is -2.83. The van der Waals surface area contributed by atoms with E-state index in [0.717, 1.165) is 22.2 Å². The SMILES string of the molecule is N#Cc1c(-c2ccc(Cl)cc2)ccn2c1nc1ccccc12. The third kappa shape index (κ3) is 1.86. The number of aromatic nitrogens is 2. The number of benzene rings is 2. The molecule has 0 atom stereocenters. The maximum atomic E-state index is 9.63. The lowest BCUT2D eigenvalue weighted by Crippen LogP contribution is -1.92. The predicted octanol–water partition coefficient (Wildman–Crippen LogP) is 4.68. The molecule has 0 aliphatic carbocycles. The number of nitriles is 1. The molecule has 22 heavy (non-hydrogen) atoms. The highest BCUT2D eigenvalue weighted by molar-refractivity contribution is 6.30. The molecule has 0 N–H and O–H groups in total. The number of fused-ring (bicyclic) bond motifs is 3. The molecule has 0 spiro atoms. The molecule has 0 bridgehead atoms. The lowest BCUT2D eigenvalue weighted by atomic mass is 10.0. The van der Waals surface area contributed by atoms with Crippen molar-refractivity contribution in [2.45, 2.75) is 0 Å². The Labute approximate surface area is 132 Å². The Balaban J connectivity index is 2.07. The zero-order valence-corrected chi connectivity index (χ0v) is 12.2. The van der Waals surface area contributed by atoms with Crippen LogP contribution < -0.4 is 0 Å². The Kier molecular flexibility index (Phi) is 2.85. The first kappa shape index (κ1) is 12.9. The number of nitrogens with zero attached hydrogens (tertiary/aromatic N) is 3. The average molecular weight is 304 g/mol. The fourth-order valence-electron chi connectivity index (χ4n) is 2.70. The smallest absolute Gasteiger partial charge is 0.156 e. The van der Waals surface area contributed by atoms with E-state index in [4.69, 9.17) is 11.6 Å². The maximum absolute atomic E-state index is 9.63. The topological polar surface area (TPSA) is 41.1 Å². The minimum Gasteiger partial charge on any atom is -0.299 e. The van der Waals surface area contributed by atoms with Gasteiger partial charge >= 0.3 is 0 Å². The van der Waals surface area contributed by atoms with Gasteiger partial charge in [-0.1, -0.05) is 35.9 Å². The second-order valence-electron chi connectivity index (χ2n) is 5.02. The maximum Gasteiger partial charge on any atom is 0.156 e. The van der Waals surface area contributed by atoms with Gasteiger partial charge in [-0.25, -0.2) is 4.98 Å². The average Bonchev–Trinajstić information content (AvgIpc) is 2.93. The lowest BCUT2D eigenvalue weighted by molar-refractivity contribution is 1.22. The molecule has 0 aliphatic rings. The number of imidazole rings is 1. The van der Waals surface area contributed by atoms with Gasteiger partial charge in [0.25, 0.3) is 0 Å². The number of rotatable bonds is 1. The molecule has 3 nitrogen and oxygen atoms in total. The van der Waals surface area contributed by atoms with Gasteiger partial charge in [0.2, 0.25) is 0 Å². The first-order valence-electron chi connectivity index (χ1n) is 6.84. The highest BCUT2D eigenvalue weighted by Gasteiger charge is 2.13. The Morgan fingerprint density at radius 1 is 1.00 bits per heavy atom. The number of hydrogen-bond acceptors (Lipinski definition) is 2. The van der Waals surface area contributed by atoms with Gasteiger partial charge in [-0.2, -0.15) is 5.26 Å². The van der Waals surface area contributed by atoms with Crippen LogP contribution in [0.2, 0.25) is 5.02 Å². The van der Waals surface area contributed by atoms with Crippen molar-refractivity contribution in [3.05, 3.63) is 71.4 Å². The molecular formula is C18H10ClN3. The summed E-state index contributed by atoms with van der Waals surface area (Å²) < 4.78 is 1.95. The van der Waals surface area contributed by atoms with Crippen LogP contribution in [0, 0.1) is 11.3 Å². The van der Waals surface area contributed by atoms with Crippen molar-refractivity contribution in [2.75, 3.05) is 0 Å². The third-order valence-corrected chi connectivity index (χ3v) is 4.00. The van der Waals surface area contributed by atoms with Crippen molar-refractivity contribution >= 4 is 28.3 Å². The first-order chi connectivity index (χ1) is 10.8. The van der Waals surface area contributed by atoms with Crippen molar-refractivity contribution in [1.29, 1.82) is 5.26 Å². The van der Waals surface area contributed by atoms with E-state index in [-0.39, 0.29) is 0 Å². The summed E-state index contributed by atoms with van der Waals surface area (Å²) in [6, 6.07) is 19.6. The van der Waals surface area contributed by atoms with Crippen LogP contribution in [0.4, 0.5) is 0 Å². The summed E-state index contributed by atoms with van der Waals surface area (Å²) in [5.74, 6) is 0. The quantitative estimate of drug-likeness (QED) is 0.512. The number of pyridine rings is 1. The van der Waals surface area contributed by atoms with E-state index >= 15 is 0 Å². The monoisotopic (exact) mass is 303 g/mol. The van der Waals surface area contributed by atoms with Gasteiger partial charge in [-0.15, -0.1) is 0 Å². The minimum atomic E-state index is 0.570. The van der Waals surface area contributed by atoms with Crippen LogP contribution in [-0.4, -0.2) is 9.38 Å². The van der Waals surface area contributed by atoms with Gasteiger partial charge in [-0.3, -0.25) is 4.40 Å². The van der Waals surface area contributed by atoms with Crippen molar-refractivity contribution in [1.82, 2.24) is 9.38 Å². The molecule has 0 fully saturated rings. The Bertz CT molecular complexity index is 1040. The summed E-state index contributed by atoms with van der Waals surface area (Å²) in [6.07, 6.45) is 1.95. The molecular weight excluding hydrogens is 294 g/mol. The van der Waals surface area contributed by atoms with E-state index in [1.165, 1.54) is 0 Å². The zero-order chi connectivity index (χ0) is 15.1. The highest BCUT2D eigenvalue weighted by atomic mass is 35.5. The van der Waals surface area contributed by atoms with E-state index in [1.54, 1.807) is 0 Å². The number of para-hydroxylation sites is 2. The second kappa shape index (κ2) is 4.87. The molecule has 104 valence electrons. The number of halogens is 1. The standard InChI is InChI=1S/C18H10ClN3/c19-13-7-5-12(6-8-13)14-9-10-22-17-4-2-1-3-16(17)21-18(22)15(14)11-20/h1-10H. The summed E-state index contributed by atoms with van der Waals surface area (Å²) in [4.78, 5) is 4.60. The molecule has 0 aliphatic heterocycles. The minimum absolute atomic E-state index is 0.570. The fraction of sp³-hybridized carbons (Fsp3) is 0. The summed E-state index contributed by atoms with van der Waals surface area (Å²) in [5, 5.41) is 10.3. The van der Waals surface area contributed by atoms with Gasteiger partial charge in [0.05, 0.1) is 11.0 Å². The molecule has 4 rings (SSSR count). The fourth-order valence-corrected chi connectivity index (χ4v) is 2.83. The molecule has 2 aromatic heterocycles. The Morgan fingerprint density at radius 3 is 2.55 bits per heavy atom. The molecule has 0 radical (unpaired) electrons. The van der Waals surface area contributed by atoms with Crippen LogP contribution in [0.25, 0.3) is 27.8 Å². The molecule has 4 aromatic rings. The summed E-state index contributed by atoms with van der Waals surface area (Å²) >= 11 is 5.94. The molecule has 0 unspecified atom stereocenters. The molecule has 0 saturated heterocycles. The van der Waals surface area contributed by atoms with E-state index in [1.807, 2.05) is 65.2 Å². The normalized spacial score (nSPS) is 10.9. The van der Waals surface area contributed by atoms with Crippen LogP contribution in [0.1, 0.15) is 5.56 Å². The van der Waals surface area contributed by atoms with E-state index < -0.39 is 0 Å².